The maximum atomic E-state index is 12.4. The highest BCUT2D eigenvalue weighted by molar-refractivity contribution is 8.00. The number of aromatic nitrogens is 6. The first-order valence-corrected chi connectivity index (χ1v) is 9.70. The van der Waals surface area contributed by atoms with Crippen LogP contribution in [0.1, 0.15) is 11.4 Å². The van der Waals surface area contributed by atoms with E-state index in [0.29, 0.717) is 5.65 Å². The van der Waals surface area contributed by atoms with E-state index in [-0.39, 0.29) is 11.7 Å². The van der Waals surface area contributed by atoms with E-state index < -0.39 is 0 Å². The maximum absolute atomic E-state index is 12.4. The van der Waals surface area contributed by atoms with Crippen LogP contribution in [0.2, 0.25) is 0 Å². The Morgan fingerprint density at radius 2 is 1.96 bits per heavy atom. The number of benzene rings is 1. The molecule has 3 heterocycles. The van der Waals surface area contributed by atoms with Crippen molar-refractivity contribution >= 4 is 34.4 Å². The number of carbonyl (C=O) groups excluding carboxylic acids is 1. The summed E-state index contributed by atoms with van der Waals surface area (Å²) >= 11 is 1.36. The normalized spacial score (nSPS) is 11.1. The summed E-state index contributed by atoms with van der Waals surface area (Å²) in [5.74, 6) is 0.127. The molecule has 28 heavy (non-hydrogen) atoms. The van der Waals surface area contributed by atoms with Crippen LogP contribution in [0.25, 0.3) is 16.7 Å². The van der Waals surface area contributed by atoms with Crippen LogP contribution in [0, 0.1) is 13.8 Å². The molecule has 1 amide bonds. The van der Waals surface area contributed by atoms with Crippen LogP contribution >= 0.6 is 11.8 Å². The second kappa shape index (κ2) is 7.43. The molecule has 0 aliphatic rings. The summed E-state index contributed by atoms with van der Waals surface area (Å²) in [7, 11) is 1.86. The van der Waals surface area contributed by atoms with Crippen LogP contribution in [0.5, 0.6) is 0 Å². The molecule has 0 saturated carbocycles. The molecule has 0 fully saturated rings. The average Bonchev–Trinajstić information content (AvgIpc) is 3.24. The van der Waals surface area contributed by atoms with Crippen LogP contribution in [0.4, 0.5) is 5.69 Å². The molecule has 0 bridgehead atoms. The number of fused-ring (bicyclic) bond motifs is 1. The Labute approximate surface area is 166 Å². The van der Waals surface area contributed by atoms with Crippen LogP contribution in [-0.2, 0) is 11.8 Å². The molecule has 4 rings (SSSR count). The molecule has 8 nitrogen and oxygen atoms in total. The van der Waals surface area contributed by atoms with Gasteiger partial charge in [-0.3, -0.25) is 9.48 Å². The highest BCUT2D eigenvalue weighted by Crippen LogP contribution is 2.26. The number of carbonyl (C=O) groups is 1. The van der Waals surface area contributed by atoms with Crippen molar-refractivity contribution in [2.75, 3.05) is 11.1 Å². The van der Waals surface area contributed by atoms with Gasteiger partial charge in [-0.15, -0.1) is 0 Å². The van der Waals surface area contributed by atoms with Gasteiger partial charge in [0.1, 0.15) is 11.4 Å². The van der Waals surface area contributed by atoms with Crippen molar-refractivity contribution in [1.29, 1.82) is 0 Å². The molecule has 0 aliphatic carbocycles. The lowest BCUT2D eigenvalue weighted by atomic mass is 10.3. The summed E-state index contributed by atoms with van der Waals surface area (Å²) in [6.07, 6.45) is 3.23. The molecule has 9 heteroatoms. The zero-order valence-corrected chi connectivity index (χ0v) is 16.6. The van der Waals surface area contributed by atoms with Crippen molar-refractivity contribution in [3.8, 4) is 5.69 Å². The van der Waals surface area contributed by atoms with Gasteiger partial charge in [0, 0.05) is 7.05 Å². The Kier molecular flexibility index (Phi) is 4.82. The Balaban J connectivity index is 1.52. The standard InChI is InChI=1S/C19H19N7OS/c1-12-17(13(2)25(3)24-12)23-16(27)10-28-19-15-9-22-26(18(15)20-11-21-19)14-7-5-4-6-8-14/h4-9,11H,10H2,1-3H3,(H,23,27). The number of hydrogen-bond donors (Lipinski definition) is 1. The van der Waals surface area contributed by atoms with E-state index in [1.165, 1.54) is 18.1 Å². The van der Waals surface area contributed by atoms with Crippen molar-refractivity contribution < 1.29 is 4.79 Å². The first kappa shape index (κ1) is 18.2. The zero-order chi connectivity index (χ0) is 19.7. The van der Waals surface area contributed by atoms with Gasteiger partial charge in [-0.2, -0.15) is 10.2 Å². The monoisotopic (exact) mass is 393 g/mol. The number of nitrogens with one attached hydrogen (secondary N) is 1. The van der Waals surface area contributed by atoms with Crippen molar-refractivity contribution in [2.45, 2.75) is 18.9 Å². The van der Waals surface area contributed by atoms with Crippen LogP contribution in [0.3, 0.4) is 0 Å². The second-order valence-electron chi connectivity index (χ2n) is 6.31. The van der Waals surface area contributed by atoms with Crippen molar-refractivity contribution in [1.82, 2.24) is 29.5 Å². The first-order chi connectivity index (χ1) is 13.5. The summed E-state index contributed by atoms with van der Waals surface area (Å²) in [6.45, 7) is 3.80. The SMILES string of the molecule is Cc1nn(C)c(C)c1NC(=O)CSc1ncnc2c1cnn2-c1ccccc1. The van der Waals surface area contributed by atoms with Gasteiger partial charge in [0.25, 0.3) is 0 Å². The molecule has 1 aromatic carbocycles. The number of hydrogen-bond acceptors (Lipinski definition) is 6. The third kappa shape index (κ3) is 3.36. The van der Waals surface area contributed by atoms with E-state index in [0.717, 1.165) is 33.2 Å². The number of para-hydroxylation sites is 1. The Morgan fingerprint density at radius 1 is 1.18 bits per heavy atom. The summed E-state index contributed by atoms with van der Waals surface area (Å²) in [6, 6.07) is 9.79. The van der Waals surface area contributed by atoms with E-state index in [9.17, 15) is 4.79 Å². The largest absolute Gasteiger partial charge is 0.322 e. The predicted molar refractivity (Wildman–Crippen MR) is 109 cm³/mol. The van der Waals surface area contributed by atoms with Crippen molar-refractivity contribution in [3.05, 3.63) is 54.2 Å². The van der Waals surface area contributed by atoms with Gasteiger partial charge >= 0.3 is 0 Å². The molecule has 0 spiro atoms. The Morgan fingerprint density at radius 3 is 2.68 bits per heavy atom. The van der Waals surface area contributed by atoms with E-state index in [2.05, 4.69) is 25.5 Å². The summed E-state index contributed by atoms with van der Waals surface area (Å²) < 4.78 is 3.52. The predicted octanol–water partition coefficient (Wildman–Crippen LogP) is 2.90. The lowest BCUT2D eigenvalue weighted by Gasteiger charge is -2.06. The van der Waals surface area contributed by atoms with Gasteiger partial charge in [-0.25, -0.2) is 14.6 Å². The molecule has 0 atom stereocenters. The second-order valence-corrected chi connectivity index (χ2v) is 7.28. The number of thioether (sulfide) groups is 1. The van der Waals surface area contributed by atoms with Gasteiger partial charge in [0.2, 0.25) is 5.91 Å². The molecule has 1 N–H and O–H groups in total. The first-order valence-electron chi connectivity index (χ1n) is 8.71. The number of aryl methyl sites for hydroxylation is 2. The molecule has 142 valence electrons. The van der Waals surface area contributed by atoms with Gasteiger partial charge in [0.05, 0.1) is 40.1 Å². The Bertz CT molecular complexity index is 1150. The van der Waals surface area contributed by atoms with E-state index in [4.69, 9.17) is 0 Å². The van der Waals surface area contributed by atoms with Gasteiger partial charge in [-0.1, -0.05) is 30.0 Å². The zero-order valence-electron chi connectivity index (χ0n) is 15.7. The van der Waals surface area contributed by atoms with E-state index in [1.807, 2.05) is 51.2 Å². The fourth-order valence-corrected chi connectivity index (χ4v) is 3.72. The number of nitrogens with zero attached hydrogens (tertiary/aromatic N) is 6. The minimum absolute atomic E-state index is 0.105. The molecular formula is C19H19N7OS. The Hall–Kier alpha value is -3.20. The van der Waals surface area contributed by atoms with Gasteiger partial charge in [-0.05, 0) is 26.0 Å². The molecule has 4 aromatic rings. The fraction of sp³-hybridized carbons (Fsp3) is 0.211. The maximum Gasteiger partial charge on any atom is 0.234 e. The lowest BCUT2D eigenvalue weighted by Crippen LogP contribution is -2.15. The highest BCUT2D eigenvalue weighted by atomic mass is 32.2. The number of rotatable bonds is 5. The third-order valence-electron chi connectivity index (χ3n) is 4.44. The van der Waals surface area contributed by atoms with Crippen molar-refractivity contribution in [3.63, 3.8) is 0 Å². The topological polar surface area (TPSA) is 90.5 Å². The third-order valence-corrected chi connectivity index (χ3v) is 5.45. The molecular weight excluding hydrogens is 374 g/mol. The van der Waals surface area contributed by atoms with Crippen molar-refractivity contribution in [2.24, 2.45) is 7.05 Å². The van der Waals surface area contributed by atoms with Gasteiger partial charge < -0.3 is 5.32 Å². The molecule has 0 unspecified atom stereocenters. The number of amides is 1. The van der Waals surface area contributed by atoms with E-state index >= 15 is 0 Å². The molecule has 3 aromatic heterocycles. The summed E-state index contributed by atoms with van der Waals surface area (Å²) in [5.41, 5.74) is 4.12. The fourth-order valence-electron chi connectivity index (χ4n) is 2.96. The highest BCUT2D eigenvalue weighted by Gasteiger charge is 2.15. The van der Waals surface area contributed by atoms with Crippen LogP contribution in [0.15, 0.2) is 47.9 Å². The quantitative estimate of drug-likeness (QED) is 0.414. The van der Waals surface area contributed by atoms with Crippen LogP contribution < -0.4 is 5.32 Å². The summed E-state index contributed by atoms with van der Waals surface area (Å²) in [4.78, 5) is 21.1. The minimum atomic E-state index is -0.105. The molecule has 0 saturated heterocycles. The van der Waals surface area contributed by atoms with Gasteiger partial charge in [0.15, 0.2) is 5.65 Å². The molecule has 0 aliphatic heterocycles. The number of anilines is 1. The summed E-state index contributed by atoms with van der Waals surface area (Å²) in [5, 5.41) is 13.2. The molecule has 0 radical (unpaired) electrons. The minimum Gasteiger partial charge on any atom is -0.322 e. The average molecular weight is 393 g/mol. The lowest BCUT2D eigenvalue weighted by molar-refractivity contribution is -0.113. The van der Waals surface area contributed by atoms with Crippen LogP contribution in [-0.4, -0.2) is 41.2 Å². The van der Waals surface area contributed by atoms with E-state index in [1.54, 1.807) is 15.6 Å². The smallest absolute Gasteiger partial charge is 0.234 e.